The third-order valence-corrected chi connectivity index (χ3v) is 4.16. The first kappa shape index (κ1) is 15.2. The van der Waals surface area contributed by atoms with E-state index in [0.29, 0.717) is 12.1 Å². The minimum Gasteiger partial charge on any atom is -0.325 e. The van der Waals surface area contributed by atoms with Crippen molar-refractivity contribution in [3.63, 3.8) is 0 Å². The van der Waals surface area contributed by atoms with Gasteiger partial charge in [0.25, 0.3) is 0 Å². The predicted molar refractivity (Wildman–Crippen MR) is 76.8 cm³/mol. The van der Waals surface area contributed by atoms with Gasteiger partial charge in [-0.1, -0.05) is 11.6 Å². The molecule has 0 bridgehead atoms. The van der Waals surface area contributed by atoms with E-state index in [9.17, 15) is 14.0 Å². The summed E-state index contributed by atoms with van der Waals surface area (Å²) in [6.45, 7) is 0. The maximum absolute atomic E-state index is 13.0. The molecule has 1 fully saturated rings. The maximum Gasteiger partial charge on any atom is 0.242 e. The fourth-order valence-electron chi connectivity index (χ4n) is 1.81. The summed E-state index contributed by atoms with van der Waals surface area (Å²) in [5, 5.41) is 2.61. The van der Waals surface area contributed by atoms with Gasteiger partial charge in [0.2, 0.25) is 5.91 Å². The fourth-order valence-corrected chi connectivity index (χ4v) is 2.75. The van der Waals surface area contributed by atoms with Gasteiger partial charge in [0, 0.05) is 17.8 Å². The smallest absolute Gasteiger partial charge is 0.242 e. The molecule has 0 aliphatic carbocycles. The van der Waals surface area contributed by atoms with Crippen molar-refractivity contribution >= 4 is 41.6 Å². The van der Waals surface area contributed by atoms with Crippen LogP contribution in [-0.2, 0) is 9.59 Å². The molecule has 0 saturated carbocycles. The van der Waals surface area contributed by atoms with Crippen LogP contribution in [0.5, 0.6) is 0 Å². The lowest BCUT2D eigenvalue weighted by molar-refractivity contribution is -0.120. The summed E-state index contributed by atoms with van der Waals surface area (Å²) in [5.74, 6) is -0.809. The molecule has 2 rings (SSSR count). The van der Waals surface area contributed by atoms with Crippen LogP contribution in [0.1, 0.15) is 6.42 Å². The van der Waals surface area contributed by atoms with Gasteiger partial charge in [0.1, 0.15) is 18.1 Å². The number of nitrogens with zero attached hydrogens (tertiary/aromatic N) is 1. The van der Waals surface area contributed by atoms with Crippen LogP contribution in [-0.4, -0.2) is 35.6 Å². The van der Waals surface area contributed by atoms with Gasteiger partial charge in [0.15, 0.2) is 0 Å². The van der Waals surface area contributed by atoms with Crippen molar-refractivity contribution in [1.29, 1.82) is 0 Å². The van der Waals surface area contributed by atoms with Crippen LogP contribution in [0, 0.1) is 5.82 Å². The molecule has 2 atom stereocenters. The van der Waals surface area contributed by atoms with E-state index < -0.39 is 11.9 Å². The van der Waals surface area contributed by atoms with Gasteiger partial charge in [-0.05, 0) is 31.7 Å². The van der Waals surface area contributed by atoms with Crippen LogP contribution in [0.3, 0.4) is 0 Å². The number of likely N-dealkylation sites (N-methyl/N-ethyl adjacent to an activating group) is 1. The number of hydrogen-bond acceptors (Lipinski definition) is 5. The molecule has 1 aliphatic heterocycles. The van der Waals surface area contributed by atoms with E-state index in [2.05, 4.69) is 10.0 Å². The van der Waals surface area contributed by atoms with Crippen molar-refractivity contribution < 1.29 is 14.0 Å². The number of carbonyl (C=O) groups excluding carboxylic acids is 2. The Morgan fingerprint density at radius 2 is 2.40 bits per heavy atom. The Bertz CT molecular complexity index is 531. The summed E-state index contributed by atoms with van der Waals surface area (Å²) < 4.78 is 17.7. The highest BCUT2D eigenvalue weighted by atomic mass is 35.5. The van der Waals surface area contributed by atoms with Crippen molar-refractivity contribution in [2.75, 3.05) is 12.4 Å². The summed E-state index contributed by atoms with van der Waals surface area (Å²) in [7, 11) is 1.75. The first-order valence-electron chi connectivity index (χ1n) is 5.88. The van der Waals surface area contributed by atoms with Crippen LogP contribution in [0.15, 0.2) is 18.2 Å². The summed E-state index contributed by atoms with van der Waals surface area (Å²) in [5.41, 5.74) is 0.418. The van der Waals surface area contributed by atoms with Crippen LogP contribution >= 0.6 is 23.7 Å². The van der Waals surface area contributed by atoms with Gasteiger partial charge in [-0.2, -0.15) is 0 Å². The minimum absolute atomic E-state index is 0.0541. The average Bonchev–Trinajstić information content (AvgIpc) is 2.43. The van der Waals surface area contributed by atoms with E-state index >= 15 is 0 Å². The highest BCUT2D eigenvalue weighted by Gasteiger charge is 2.31. The first-order valence-corrected chi connectivity index (χ1v) is 7.03. The molecule has 2 unspecified atom stereocenters. The summed E-state index contributed by atoms with van der Waals surface area (Å²) in [6.07, 6.45) is 1.14. The zero-order valence-electron chi connectivity index (χ0n) is 10.6. The SMILES string of the molecule is CN1SNC(C=O)CC1C(=O)Nc1ccc(F)c(Cl)c1. The van der Waals surface area contributed by atoms with Crippen molar-refractivity contribution in [2.45, 2.75) is 18.5 Å². The van der Waals surface area contributed by atoms with Crippen LogP contribution < -0.4 is 10.0 Å². The van der Waals surface area contributed by atoms with Crippen LogP contribution in [0.4, 0.5) is 10.1 Å². The number of anilines is 1. The molecule has 108 valence electrons. The lowest BCUT2D eigenvalue weighted by Crippen LogP contribution is -2.49. The Hall–Kier alpha value is -1.15. The number of carbonyl (C=O) groups is 2. The second-order valence-electron chi connectivity index (χ2n) is 4.37. The Morgan fingerprint density at radius 3 is 3.05 bits per heavy atom. The molecule has 8 heteroatoms. The average molecular weight is 318 g/mol. The van der Waals surface area contributed by atoms with E-state index in [1.54, 1.807) is 11.4 Å². The molecule has 0 spiro atoms. The molecular weight excluding hydrogens is 305 g/mol. The monoisotopic (exact) mass is 317 g/mol. The zero-order valence-corrected chi connectivity index (χ0v) is 12.2. The molecule has 1 aromatic carbocycles. The Kier molecular flexibility index (Phi) is 4.98. The van der Waals surface area contributed by atoms with E-state index in [0.717, 1.165) is 6.29 Å². The summed E-state index contributed by atoms with van der Waals surface area (Å²) in [6, 6.07) is 3.14. The molecular formula is C12H13ClFN3O2S. The molecule has 1 amide bonds. The third-order valence-electron chi connectivity index (χ3n) is 2.92. The lowest BCUT2D eigenvalue weighted by Gasteiger charge is -2.33. The molecule has 0 radical (unpaired) electrons. The summed E-state index contributed by atoms with van der Waals surface area (Å²) in [4.78, 5) is 23.0. The number of halogens is 2. The van der Waals surface area contributed by atoms with Crippen LogP contribution in [0.2, 0.25) is 5.02 Å². The van der Waals surface area contributed by atoms with Gasteiger partial charge in [-0.3, -0.25) is 4.79 Å². The van der Waals surface area contributed by atoms with Gasteiger partial charge < -0.3 is 10.1 Å². The van der Waals surface area contributed by atoms with Gasteiger partial charge in [-0.25, -0.2) is 13.4 Å². The fraction of sp³-hybridized carbons (Fsp3) is 0.333. The standard InChI is InChI=1S/C12H13ClFN3O2S/c1-17-11(5-8(6-18)16-20-17)12(19)15-7-2-3-10(14)9(13)4-7/h2-4,6,8,11,16H,5H2,1H3,(H,15,19). The van der Waals surface area contributed by atoms with Gasteiger partial charge in [-0.15, -0.1) is 0 Å². The van der Waals surface area contributed by atoms with E-state index in [1.165, 1.54) is 30.3 Å². The molecule has 1 heterocycles. The summed E-state index contributed by atoms with van der Waals surface area (Å²) >= 11 is 6.87. The second kappa shape index (κ2) is 6.53. The number of aldehydes is 1. The number of rotatable bonds is 3. The molecule has 0 aromatic heterocycles. The van der Waals surface area contributed by atoms with E-state index in [4.69, 9.17) is 11.6 Å². The molecule has 1 aliphatic rings. The quantitative estimate of drug-likeness (QED) is 0.658. The number of benzene rings is 1. The number of nitrogens with one attached hydrogen (secondary N) is 2. The highest BCUT2D eigenvalue weighted by Crippen LogP contribution is 2.23. The zero-order chi connectivity index (χ0) is 14.7. The lowest BCUT2D eigenvalue weighted by atomic mass is 10.1. The van der Waals surface area contributed by atoms with E-state index in [1.807, 2.05) is 0 Å². The molecule has 1 aromatic rings. The van der Waals surface area contributed by atoms with Gasteiger partial charge in [0.05, 0.1) is 11.1 Å². The Balaban J connectivity index is 2.06. The topological polar surface area (TPSA) is 61.4 Å². The maximum atomic E-state index is 13.0. The Labute approximate surface area is 125 Å². The third kappa shape index (κ3) is 3.49. The second-order valence-corrected chi connectivity index (χ2v) is 5.77. The van der Waals surface area contributed by atoms with Crippen molar-refractivity contribution in [3.05, 3.63) is 29.0 Å². The van der Waals surface area contributed by atoms with E-state index in [-0.39, 0.29) is 17.0 Å². The molecule has 5 nitrogen and oxygen atoms in total. The van der Waals surface area contributed by atoms with Gasteiger partial charge >= 0.3 is 0 Å². The van der Waals surface area contributed by atoms with Crippen molar-refractivity contribution in [3.8, 4) is 0 Å². The number of amides is 1. The predicted octanol–water partition coefficient (Wildman–Crippen LogP) is 1.84. The highest BCUT2D eigenvalue weighted by molar-refractivity contribution is 7.95. The Morgan fingerprint density at radius 1 is 1.65 bits per heavy atom. The van der Waals surface area contributed by atoms with Crippen molar-refractivity contribution in [1.82, 2.24) is 9.03 Å². The number of hydrogen-bond donors (Lipinski definition) is 2. The largest absolute Gasteiger partial charge is 0.325 e. The molecule has 2 N–H and O–H groups in total. The van der Waals surface area contributed by atoms with Crippen molar-refractivity contribution in [2.24, 2.45) is 0 Å². The molecule has 1 saturated heterocycles. The van der Waals surface area contributed by atoms with Crippen LogP contribution in [0.25, 0.3) is 0 Å². The first-order chi connectivity index (χ1) is 9.51. The minimum atomic E-state index is -0.541. The molecule has 20 heavy (non-hydrogen) atoms. The normalized spacial score (nSPS) is 23.4.